The number of hydrogen-bond donors (Lipinski definition) is 0. The van der Waals surface area contributed by atoms with E-state index >= 15 is 0 Å². The Labute approximate surface area is 123 Å². The van der Waals surface area contributed by atoms with Gasteiger partial charge in [-0.25, -0.2) is 22.8 Å². The van der Waals surface area contributed by atoms with Gasteiger partial charge in [-0.1, -0.05) is 12.1 Å². The minimum atomic E-state index is -3.70. The molecule has 21 heavy (non-hydrogen) atoms. The maximum atomic E-state index is 12.9. The van der Waals surface area contributed by atoms with Gasteiger partial charge in [-0.05, 0) is 31.5 Å². The smallest absolute Gasteiger partial charge is 0.240 e. The molecule has 0 bridgehead atoms. The summed E-state index contributed by atoms with van der Waals surface area (Å²) in [5.74, 6) is 0.145. The van der Waals surface area contributed by atoms with Gasteiger partial charge in [0.25, 0.3) is 0 Å². The van der Waals surface area contributed by atoms with E-state index in [1.54, 1.807) is 26.0 Å². The van der Waals surface area contributed by atoms with Gasteiger partial charge in [0.2, 0.25) is 10.0 Å². The molecule has 1 heterocycles. The molecule has 1 aromatic carbocycles. The molecule has 0 unspecified atom stereocenters. The first-order valence-corrected chi connectivity index (χ1v) is 7.78. The molecule has 112 valence electrons. The van der Waals surface area contributed by atoms with E-state index in [1.807, 2.05) is 0 Å². The average molecular weight is 309 g/mol. The van der Waals surface area contributed by atoms with Crippen molar-refractivity contribution in [2.45, 2.75) is 24.8 Å². The average Bonchev–Trinajstić information content (AvgIpc) is 2.47. The van der Waals surface area contributed by atoms with Crippen LogP contribution in [0.15, 0.2) is 41.6 Å². The highest BCUT2D eigenvalue weighted by molar-refractivity contribution is 7.89. The summed E-state index contributed by atoms with van der Waals surface area (Å²) in [5.41, 5.74) is 0.704. The third-order valence-electron chi connectivity index (χ3n) is 3.33. The second kappa shape index (κ2) is 5.87. The van der Waals surface area contributed by atoms with Crippen molar-refractivity contribution in [3.05, 3.63) is 53.9 Å². The molecule has 0 aliphatic rings. The van der Waals surface area contributed by atoms with E-state index in [4.69, 9.17) is 0 Å². The van der Waals surface area contributed by atoms with E-state index in [1.165, 1.54) is 35.9 Å². The van der Waals surface area contributed by atoms with E-state index in [-0.39, 0.29) is 10.7 Å². The lowest BCUT2D eigenvalue weighted by Gasteiger charge is -2.24. The Balaban J connectivity index is 2.31. The lowest BCUT2D eigenvalue weighted by atomic mass is 10.1. The monoisotopic (exact) mass is 309 g/mol. The Hall–Kier alpha value is -1.86. The van der Waals surface area contributed by atoms with E-state index in [0.717, 1.165) is 0 Å². The second-order valence-electron chi connectivity index (χ2n) is 4.71. The number of hydrogen-bond acceptors (Lipinski definition) is 4. The van der Waals surface area contributed by atoms with Gasteiger partial charge in [-0.2, -0.15) is 4.31 Å². The van der Waals surface area contributed by atoms with Gasteiger partial charge in [0.05, 0.1) is 12.4 Å². The van der Waals surface area contributed by atoms with Crippen LogP contribution in [0.25, 0.3) is 0 Å². The van der Waals surface area contributed by atoms with E-state index < -0.39 is 16.1 Å². The van der Waals surface area contributed by atoms with Crippen molar-refractivity contribution in [1.82, 2.24) is 14.3 Å². The molecule has 0 fully saturated rings. The Bertz CT molecular complexity index is 715. The molecule has 1 aromatic heterocycles. The van der Waals surface area contributed by atoms with Crippen LogP contribution in [0.4, 0.5) is 4.39 Å². The number of rotatable bonds is 4. The highest BCUT2D eigenvalue weighted by Crippen LogP contribution is 2.25. The first-order chi connectivity index (χ1) is 9.82. The van der Waals surface area contributed by atoms with Crippen LogP contribution in [0.3, 0.4) is 0 Å². The molecular weight excluding hydrogens is 293 g/mol. The van der Waals surface area contributed by atoms with Crippen molar-refractivity contribution in [2.24, 2.45) is 0 Å². The van der Waals surface area contributed by atoms with Crippen LogP contribution in [0.1, 0.15) is 24.4 Å². The first-order valence-electron chi connectivity index (χ1n) is 6.34. The third kappa shape index (κ3) is 3.25. The maximum Gasteiger partial charge on any atom is 0.246 e. The quantitative estimate of drug-likeness (QED) is 0.869. The predicted molar refractivity (Wildman–Crippen MR) is 76.5 cm³/mol. The van der Waals surface area contributed by atoms with Gasteiger partial charge in [0.1, 0.15) is 16.5 Å². The molecule has 7 heteroatoms. The molecule has 0 saturated heterocycles. The molecule has 2 rings (SSSR count). The van der Waals surface area contributed by atoms with Gasteiger partial charge in [0.15, 0.2) is 0 Å². The summed E-state index contributed by atoms with van der Waals surface area (Å²) in [6, 6.07) is 5.31. The SMILES string of the molecule is Cc1ncc(S(=O)(=O)N(C)[C@H](C)c2ccc(F)cc2)cn1. The van der Waals surface area contributed by atoms with Crippen molar-refractivity contribution in [3.8, 4) is 0 Å². The lowest BCUT2D eigenvalue weighted by molar-refractivity contribution is 0.397. The predicted octanol–water partition coefficient (Wildman–Crippen LogP) is 2.31. The maximum absolute atomic E-state index is 12.9. The number of benzene rings is 1. The number of sulfonamides is 1. The normalized spacial score (nSPS) is 13.4. The van der Waals surface area contributed by atoms with Crippen LogP contribution in [-0.4, -0.2) is 29.7 Å². The van der Waals surface area contributed by atoms with Crippen molar-refractivity contribution < 1.29 is 12.8 Å². The molecule has 0 radical (unpaired) electrons. The summed E-state index contributed by atoms with van der Waals surface area (Å²) < 4.78 is 39.2. The zero-order valence-corrected chi connectivity index (χ0v) is 12.8. The zero-order chi connectivity index (χ0) is 15.6. The summed E-state index contributed by atoms with van der Waals surface area (Å²) in [7, 11) is -2.22. The van der Waals surface area contributed by atoms with Crippen molar-refractivity contribution in [3.63, 3.8) is 0 Å². The number of aryl methyl sites for hydroxylation is 1. The summed E-state index contributed by atoms with van der Waals surface area (Å²) in [6.07, 6.45) is 2.57. The minimum absolute atomic E-state index is 0.0320. The topological polar surface area (TPSA) is 63.2 Å². The minimum Gasteiger partial charge on any atom is -0.240 e. The van der Waals surface area contributed by atoms with Crippen molar-refractivity contribution in [1.29, 1.82) is 0 Å². The fraction of sp³-hybridized carbons (Fsp3) is 0.286. The van der Waals surface area contributed by atoms with Gasteiger partial charge in [-0.15, -0.1) is 0 Å². The highest BCUT2D eigenvalue weighted by Gasteiger charge is 2.26. The van der Waals surface area contributed by atoms with Gasteiger partial charge >= 0.3 is 0 Å². The Kier molecular flexibility index (Phi) is 4.34. The van der Waals surface area contributed by atoms with Crippen LogP contribution in [0, 0.1) is 12.7 Å². The fourth-order valence-corrected chi connectivity index (χ4v) is 3.08. The molecule has 0 amide bonds. The summed E-state index contributed by atoms with van der Waals surface area (Å²) in [6.45, 7) is 3.42. The molecule has 5 nitrogen and oxygen atoms in total. The van der Waals surface area contributed by atoms with E-state index in [9.17, 15) is 12.8 Å². The van der Waals surface area contributed by atoms with Gasteiger partial charge in [0, 0.05) is 13.1 Å². The molecule has 0 aliphatic carbocycles. The van der Waals surface area contributed by atoms with Gasteiger partial charge < -0.3 is 0 Å². The largest absolute Gasteiger partial charge is 0.246 e. The number of aromatic nitrogens is 2. The Morgan fingerprint density at radius 1 is 1.14 bits per heavy atom. The van der Waals surface area contributed by atoms with Crippen LogP contribution >= 0.6 is 0 Å². The molecule has 0 spiro atoms. The standard InChI is InChI=1S/C14H16FN3O2S/c1-10(12-4-6-13(15)7-5-12)18(3)21(19,20)14-8-16-11(2)17-9-14/h4-10H,1-3H3/t10-/m1/s1. The highest BCUT2D eigenvalue weighted by atomic mass is 32.2. The van der Waals surface area contributed by atoms with Crippen molar-refractivity contribution in [2.75, 3.05) is 7.05 Å². The number of halogens is 1. The molecular formula is C14H16FN3O2S. The summed E-state index contributed by atoms with van der Waals surface area (Å²) in [5, 5.41) is 0. The van der Waals surface area contributed by atoms with Crippen molar-refractivity contribution >= 4 is 10.0 Å². The molecule has 1 atom stereocenters. The fourth-order valence-electron chi connectivity index (χ4n) is 1.84. The van der Waals surface area contributed by atoms with Gasteiger partial charge in [-0.3, -0.25) is 0 Å². The van der Waals surface area contributed by atoms with Crippen LogP contribution in [-0.2, 0) is 10.0 Å². The molecule has 2 aromatic rings. The first kappa shape index (κ1) is 15.5. The third-order valence-corrected chi connectivity index (χ3v) is 5.21. The van der Waals surface area contributed by atoms with Crippen LogP contribution < -0.4 is 0 Å². The Morgan fingerprint density at radius 3 is 2.19 bits per heavy atom. The summed E-state index contributed by atoms with van der Waals surface area (Å²) >= 11 is 0. The molecule has 0 saturated carbocycles. The molecule has 0 N–H and O–H groups in total. The zero-order valence-electron chi connectivity index (χ0n) is 12.0. The lowest BCUT2D eigenvalue weighted by Crippen LogP contribution is -2.30. The van der Waals surface area contributed by atoms with E-state index in [0.29, 0.717) is 11.4 Å². The number of nitrogens with zero attached hydrogens (tertiary/aromatic N) is 3. The molecule has 0 aliphatic heterocycles. The van der Waals surface area contributed by atoms with Crippen LogP contribution in [0.5, 0.6) is 0 Å². The Morgan fingerprint density at radius 2 is 1.67 bits per heavy atom. The van der Waals surface area contributed by atoms with Crippen LogP contribution in [0.2, 0.25) is 0 Å². The second-order valence-corrected chi connectivity index (χ2v) is 6.71. The van der Waals surface area contributed by atoms with E-state index in [2.05, 4.69) is 9.97 Å². The summed E-state index contributed by atoms with van der Waals surface area (Å²) in [4.78, 5) is 7.84.